The van der Waals surface area contributed by atoms with Gasteiger partial charge in [0.1, 0.15) is 5.75 Å². The minimum absolute atomic E-state index is 0.000623. The molecular weight excluding hydrogens is 528 g/mol. The van der Waals surface area contributed by atoms with Crippen molar-refractivity contribution in [1.82, 2.24) is 10.2 Å². The van der Waals surface area contributed by atoms with Crippen LogP contribution in [0.3, 0.4) is 0 Å². The molecule has 2 N–H and O–H groups in total. The van der Waals surface area contributed by atoms with E-state index in [1.165, 1.54) is 7.11 Å². The van der Waals surface area contributed by atoms with Crippen molar-refractivity contribution in [2.24, 2.45) is 5.92 Å². The summed E-state index contributed by atoms with van der Waals surface area (Å²) in [6.07, 6.45) is 0. The lowest BCUT2D eigenvalue weighted by Gasteiger charge is -2.37. The van der Waals surface area contributed by atoms with Crippen molar-refractivity contribution in [2.75, 3.05) is 43.5 Å². The molecule has 1 heterocycles. The molecule has 1 aliphatic rings. The average Bonchev–Trinajstić information content (AvgIpc) is 2.78. The van der Waals surface area contributed by atoms with Crippen molar-refractivity contribution >= 4 is 68.1 Å². The summed E-state index contributed by atoms with van der Waals surface area (Å²) in [7, 11) is 1.50. The van der Waals surface area contributed by atoms with Gasteiger partial charge in [-0.25, -0.2) is 0 Å². The number of methoxy groups -OCH3 is 1. The lowest BCUT2D eigenvalue weighted by molar-refractivity contribution is -0.134. The first-order chi connectivity index (χ1) is 15.7. The number of carbonyl (C=O) groups is 2. The molecule has 0 spiro atoms. The van der Waals surface area contributed by atoms with E-state index in [1.54, 1.807) is 24.3 Å². The van der Waals surface area contributed by atoms with Crippen LogP contribution in [0.15, 0.2) is 40.9 Å². The Hall–Kier alpha value is -2.36. The van der Waals surface area contributed by atoms with Crippen LogP contribution in [-0.4, -0.2) is 55.1 Å². The summed E-state index contributed by atoms with van der Waals surface area (Å²) in [5, 5.41) is 6.36. The fourth-order valence-electron chi connectivity index (χ4n) is 3.56. The maximum atomic E-state index is 12.6. The first kappa shape index (κ1) is 25.3. The summed E-state index contributed by atoms with van der Waals surface area (Å²) >= 11 is 15.2. The highest BCUT2D eigenvalue weighted by Crippen LogP contribution is 2.30. The number of thiocarbonyl (C=S) groups is 1. The Morgan fingerprint density at radius 3 is 2.42 bits per heavy atom. The highest BCUT2D eigenvalue weighted by Gasteiger charge is 2.24. The summed E-state index contributed by atoms with van der Waals surface area (Å²) in [5.41, 5.74) is 1.91. The predicted molar refractivity (Wildman–Crippen MR) is 139 cm³/mol. The molecule has 1 fully saturated rings. The van der Waals surface area contributed by atoms with Crippen molar-refractivity contribution in [3.63, 3.8) is 0 Å². The number of hydrogen-bond donors (Lipinski definition) is 2. The SMILES string of the molecule is COc1ccc(Br)cc1C(=O)NC(=S)Nc1ccc(N2CCN(C(=O)C(C)C)CC2)c(Cl)c1. The summed E-state index contributed by atoms with van der Waals surface area (Å²) in [6, 6.07) is 10.7. The van der Waals surface area contributed by atoms with Crippen molar-refractivity contribution in [3.8, 4) is 5.75 Å². The number of piperazine rings is 1. The molecule has 0 aliphatic carbocycles. The molecule has 2 aromatic rings. The van der Waals surface area contributed by atoms with E-state index in [4.69, 9.17) is 28.6 Å². The molecule has 0 aromatic heterocycles. The molecule has 176 valence electrons. The fourth-order valence-corrected chi connectivity index (χ4v) is 4.44. The van der Waals surface area contributed by atoms with Crippen molar-refractivity contribution in [1.29, 1.82) is 0 Å². The second kappa shape index (κ2) is 11.2. The molecule has 1 saturated heterocycles. The fraction of sp³-hybridized carbons (Fsp3) is 0.348. The van der Waals surface area contributed by atoms with Gasteiger partial charge in [0.05, 0.1) is 23.4 Å². The molecule has 10 heteroatoms. The second-order valence-corrected chi connectivity index (χ2v) is 9.62. The summed E-state index contributed by atoms with van der Waals surface area (Å²) in [4.78, 5) is 28.9. The Kier molecular flexibility index (Phi) is 8.56. The molecule has 0 unspecified atom stereocenters. The van der Waals surface area contributed by atoms with E-state index in [1.807, 2.05) is 30.9 Å². The number of benzene rings is 2. The maximum absolute atomic E-state index is 12.6. The van der Waals surface area contributed by atoms with E-state index >= 15 is 0 Å². The third kappa shape index (κ3) is 6.37. The normalized spacial score (nSPS) is 13.6. The largest absolute Gasteiger partial charge is 0.496 e. The minimum atomic E-state index is -0.387. The van der Waals surface area contributed by atoms with Crippen molar-refractivity contribution < 1.29 is 14.3 Å². The lowest BCUT2D eigenvalue weighted by atomic mass is 10.1. The first-order valence-electron chi connectivity index (χ1n) is 10.5. The number of rotatable bonds is 5. The van der Waals surface area contributed by atoms with Crippen LogP contribution in [0.1, 0.15) is 24.2 Å². The number of nitrogens with one attached hydrogen (secondary N) is 2. The Morgan fingerprint density at radius 1 is 1.12 bits per heavy atom. The topological polar surface area (TPSA) is 73.9 Å². The highest BCUT2D eigenvalue weighted by atomic mass is 79.9. The smallest absolute Gasteiger partial charge is 0.261 e. The Morgan fingerprint density at radius 2 is 1.82 bits per heavy atom. The first-order valence-corrected chi connectivity index (χ1v) is 12.1. The van der Waals surface area contributed by atoms with Crippen LogP contribution in [0.5, 0.6) is 5.75 Å². The van der Waals surface area contributed by atoms with Gasteiger partial charge in [-0.3, -0.25) is 14.9 Å². The number of anilines is 2. The van der Waals surface area contributed by atoms with Crippen LogP contribution >= 0.6 is 39.7 Å². The van der Waals surface area contributed by atoms with Crippen LogP contribution in [0.4, 0.5) is 11.4 Å². The molecule has 2 aromatic carbocycles. The van der Waals surface area contributed by atoms with Gasteiger partial charge < -0.3 is 19.9 Å². The number of nitrogens with zero attached hydrogens (tertiary/aromatic N) is 2. The average molecular weight is 554 g/mol. The zero-order valence-electron chi connectivity index (χ0n) is 18.7. The number of hydrogen-bond acceptors (Lipinski definition) is 5. The number of amides is 2. The Bertz CT molecular complexity index is 1060. The quantitative estimate of drug-likeness (QED) is 0.530. The van der Waals surface area contributed by atoms with E-state index in [-0.39, 0.29) is 22.8 Å². The lowest BCUT2D eigenvalue weighted by Crippen LogP contribution is -2.50. The Labute approximate surface area is 212 Å². The minimum Gasteiger partial charge on any atom is -0.496 e. The molecule has 33 heavy (non-hydrogen) atoms. The van der Waals surface area contributed by atoms with E-state index in [2.05, 4.69) is 31.5 Å². The van der Waals surface area contributed by atoms with Gasteiger partial charge in [0.15, 0.2) is 5.11 Å². The molecule has 1 aliphatic heterocycles. The molecule has 2 amide bonds. The third-order valence-corrected chi connectivity index (χ3v) is 6.26. The van der Waals surface area contributed by atoms with Crippen LogP contribution in [0.25, 0.3) is 0 Å². The molecule has 0 bridgehead atoms. The monoisotopic (exact) mass is 552 g/mol. The molecular formula is C23H26BrClN4O3S. The van der Waals surface area contributed by atoms with Gasteiger partial charge in [-0.2, -0.15) is 0 Å². The van der Waals surface area contributed by atoms with E-state index in [9.17, 15) is 9.59 Å². The standard InChI is InChI=1S/C23H26BrClN4O3S/c1-14(2)22(31)29-10-8-28(9-11-29)19-6-5-16(13-18(19)25)26-23(33)27-21(30)17-12-15(24)4-7-20(17)32-3/h4-7,12-14H,8-11H2,1-3H3,(H2,26,27,30,33). The molecule has 7 nitrogen and oxygen atoms in total. The van der Waals surface area contributed by atoms with Gasteiger partial charge in [0.2, 0.25) is 5.91 Å². The summed E-state index contributed by atoms with van der Waals surface area (Å²) < 4.78 is 6.00. The zero-order valence-corrected chi connectivity index (χ0v) is 21.8. The molecule has 3 rings (SSSR count). The molecule has 0 atom stereocenters. The van der Waals surface area contributed by atoms with Crippen molar-refractivity contribution in [2.45, 2.75) is 13.8 Å². The van der Waals surface area contributed by atoms with E-state index in [0.29, 0.717) is 48.2 Å². The second-order valence-electron chi connectivity index (χ2n) is 7.89. The molecule has 0 saturated carbocycles. The van der Waals surface area contributed by atoms with E-state index < -0.39 is 0 Å². The Balaban J connectivity index is 1.60. The van der Waals surface area contributed by atoms with Gasteiger partial charge in [0.25, 0.3) is 5.91 Å². The van der Waals surface area contributed by atoms with Gasteiger partial charge in [-0.15, -0.1) is 0 Å². The number of halogens is 2. The van der Waals surface area contributed by atoms with Crippen LogP contribution in [0.2, 0.25) is 5.02 Å². The van der Waals surface area contributed by atoms with Gasteiger partial charge in [-0.1, -0.05) is 41.4 Å². The zero-order chi connectivity index (χ0) is 24.1. The van der Waals surface area contributed by atoms with E-state index in [0.717, 1.165) is 10.2 Å². The molecule has 0 radical (unpaired) electrons. The maximum Gasteiger partial charge on any atom is 0.261 e. The predicted octanol–water partition coefficient (Wildman–Crippen LogP) is 4.54. The number of ether oxygens (including phenoxy) is 1. The highest BCUT2D eigenvalue weighted by molar-refractivity contribution is 9.10. The van der Waals surface area contributed by atoms with Gasteiger partial charge in [-0.05, 0) is 48.6 Å². The van der Waals surface area contributed by atoms with Gasteiger partial charge in [0, 0.05) is 42.3 Å². The van der Waals surface area contributed by atoms with Crippen molar-refractivity contribution in [3.05, 3.63) is 51.5 Å². The summed E-state index contributed by atoms with van der Waals surface area (Å²) in [6.45, 7) is 6.60. The number of carbonyl (C=O) groups excluding carboxylic acids is 2. The summed E-state index contributed by atoms with van der Waals surface area (Å²) in [5.74, 6) is 0.235. The van der Waals surface area contributed by atoms with Crippen LogP contribution in [0, 0.1) is 5.92 Å². The van der Waals surface area contributed by atoms with Crippen LogP contribution in [-0.2, 0) is 4.79 Å². The third-order valence-electron chi connectivity index (χ3n) is 5.26. The van der Waals surface area contributed by atoms with Gasteiger partial charge >= 0.3 is 0 Å². The van der Waals surface area contributed by atoms with Crippen LogP contribution < -0.4 is 20.3 Å².